The Morgan fingerprint density at radius 3 is 1.12 bits per heavy atom. The monoisotopic (exact) mass is 1410 g/mol. The average Bonchev–Trinajstić information content (AvgIpc) is 1.42. The normalized spacial score (nSPS) is 26.0. The van der Waals surface area contributed by atoms with Crippen LogP contribution in [0.1, 0.15) is 96.3 Å². The molecular weight excluding hydrogens is 1310 g/mol. The highest BCUT2D eigenvalue weighted by Gasteiger charge is 2.39. The zero-order chi connectivity index (χ0) is 71.9. The number of para-hydroxylation sites is 1. The van der Waals surface area contributed by atoms with Gasteiger partial charge in [-0.3, -0.25) is 4.79 Å². The van der Waals surface area contributed by atoms with Crippen molar-refractivity contribution in [2.45, 2.75) is 96.3 Å². The number of carbonyl (C=O) groups excluding carboxylic acids is 1. The minimum absolute atomic E-state index is 0.108. The third-order valence-corrected chi connectivity index (χ3v) is 25.1. The highest BCUT2D eigenvalue weighted by molar-refractivity contribution is 5.88. The van der Waals surface area contributed by atoms with Gasteiger partial charge in [-0.15, -0.1) is 0 Å². The average molecular weight is 1410 g/mol. The Balaban J connectivity index is 0.000000102. The molecule has 10 bridgehead atoms. The SMILES string of the molecule is C1=CC2CC1CC2CCOc1ccc(-c2ccccc2)cc1.C1=CC2CC1CC2CCOc1ccc2ccccc2c1.C1=CC2CC1CC2CCOc1cccc2ccccc12.C1=CC2CC1CC2CCOc1ccccc1-c1ccccc1.O=C(CC1CC2C=CC1C2)Oc1ccc(-c2ccccc2)cc1. The fraction of sp³-hybridized carbons (Fsp3) is 0.337. The van der Waals surface area contributed by atoms with Crippen molar-refractivity contribution in [3.8, 4) is 62.1 Å². The minimum Gasteiger partial charge on any atom is -0.494 e. The fourth-order valence-electron chi connectivity index (χ4n) is 19.5. The Morgan fingerprint density at radius 2 is 0.636 bits per heavy atom. The molecule has 0 spiro atoms. The first-order valence-corrected chi connectivity index (χ1v) is 40.4. The molecule has 0 aromatic heterocycles. The van der Waals surface area contributed by atoms with Crippen molar-refractivity contribution < 1.29 is 28.5 Å². The van der Waals surface area contributed by atoms with Crippen LogP contribution in [-0.4, -0.2) is 32.4 Å². The van der Waals surface area contributed by atoms with Crippen LogP contribution in [0.3, 0.4) is 0 Å². The Labute approximate surface area is 635 Å². The van der Waals surface area contributed by atoms with Crippen molar-refractivity contribution in [2.24, 2.45) is 88.8 Å². The number of esters is 1. The lowest BCUT2D eigenvalue weighted by Crippen LogP contribution is -2.17. The van der Waals surface area contributed by atoms with E-state index in [1.165, 1.54) is 133 Å². The summed E-state index contributed by atoms with van der Waals surface area (Å²) in [6.45, 7) is 3.35. The highest BCUT2D eigenvalue weighted by Crippen LogP contribution is 2.49. The van der Waals surface area contributed by atoms with Gasteiger partial charge in [-0.2, -0.15) is 0 Å². The lowest BCUT2D eigenvalue weighted by molar-refractivity contribution is -0.135. The summed E-state index contributed by atoms with van der Waals surface area (Å²) >= 11 is 0. The molecule has 15 atom stereocenters. The molecular formula is C101H104O6. The molecule has 0 heterocycles. The van der Waals surface area contributed by atoms with Gasteiger partial charge in [0.2, 0.25) is 0 Å². The molecule has 10 aromatic carbocycles. The van der Waals surface area contributed by atoms with Crippen LogP contribution < -0.4 is 23.7 Å². The molecule has 5 saturated carbocycles. The number of rotatable bonds is 22. The largest absolute Gasteiger partial charge is 0.494 e. The van der Waals surface area contributed by atoms with Crippen LogP contribution in [0.25, 0.3) is 54.9 Å². The van der Waals surface area contributed by atoms with Crippen LogP contribution in [0.15, 0.2) is 309 Å². The van der Waals surface area contributed by atoms with E-state index in [2.05, 4.69) is 261 Å². The van der Waals surface area contributed by atoms with E-state index in [-0.39, 0.29) is 5.97 Å². The van der Waals surface area contributed by atoms with Gasteiger partial charge in [0.05, 0.1) is 26.4 Å². The van der Waals surface area contributed by atoms with Crippen molar-refractivity contribution in [1.82, 2.24) is 0 Å². The summed E-state index contributed by atoms with van der Waals surface area (Å²) in [5.74, 6) is 16.4. The molecule has 107 heavy (non-hydrogen) atoms. The molecule has 0 N–H and O–H groups in total. The maximum atomic E-state index is 12.2. The zero-order valence-corrected chi connectivity index (χ0v) is 62.0. The lowest BCUT2D eigenvalue weighted by atomic mass is 9.91. The quantitative estimate of drug-likeness (QED) is 0.0383. The third kappa shape index (κ3) is 18.4. The topological polar surface area (TPSA) is 63.2 Å². The first kappa shape index (κ1) is 71.4. The summed E-state index contributed by atoms with van der Waals surface area (Å²) in [6, 6.07) is 85.3. The van der Waals surface area contributed by atoms with Crippen molar-refractivity contribution in [1.29, 1.82) is 0 Å². The van der Waals surface area contributed by atoms with E-state index in [1.54, 1.807) is 0 Å². The number of carbonyl (C=O) groups is 1. The number of hydrogen-bond acceptors (Lipinski definition) is 6. The Bertz CT molecular complexity index is 4680. The third-order valence-electron chi connectivity index (χ3n) is 25.1. The fourth-order valence-corrected chi connectivity index (χ4v) is 19.5. The molecule has 10 aromatic rings. The minimum atomic E-state index is -0.108. The second kappa shape index (κ2) is 34.8. The predicted octanol–water partition coefficient (Wildman–Crippen LogP) is 25.2. The summed E-state index contributed by atoms with van der Waals surface area (Å²) in [5.41, 5.74) is 7.20. The maximum Gasteiger partial charge on any atom is 0.311 e. The van der Waals surface area contributed by atoms with Crippen LogP contribution in [0, 0.1) is 88.8 Å². The standard InChI is InChI=1S/C21H20O2.2C21H22O.2C19H20O/c22-21(14-19-13-15-6-7-18(19)12-15)23-20-10-8-17(9-11-20)16-4-2-1-3-5-16;1-2-6-17(7-3-1)20-8-4-5-9-21(20)22-13-12-19-15-16-10-11-18(19)14-16;1-2-4-17(5-3-1)18-8-10-21(11-9-18)22-13-12-20-15-16-6-7-19(20)14-16;1-2-6-18-15(4-1)5-3-7-19(18)20-11-10-17-13-14-8-9-16(17)12-14;1-2-4-16-13-19(8-7-15(16)3-1)20-10-9-18-12-14-5-6-17(18)11-14/h1-11,15,18-19H,12-14H2;1-11,16,18-19H,12-15H2;1-11,16,19-20H,12-15H2;1-9,14,16-17H,10-13H2;1-8,13-14,17-18H,9-12H2. The summed E-state index contributed by atoms with van der Waals surface area (Å²) in [5, 5.41) is 5.02. The molecule has 0 radical (unpaired) electrons. The van der Waals surface area contributed by atoms with E-state index in [0.29, 0.717) is 29.9 Å². The van der Waals surface area contributed by atoms with Gasteiger partial charge in [0.15, 0.2) is 0 Å². The zero-order valence-electron chi connectivity index (χ0n) is 62.0. The predicted molar refractivity (Wildman–Crippen MR) is 438 cm³/mol. The second-order valence-corrected chi connectivity index (χ2v) is 32.1. The second-order valence-electron chi connectivity index (χ2n) is 32.1. The van der Waals surface area contributed by atoms with Gasteiger partial charge in [-0.1, -0.05) is 261 Å². The van der Waals surface area contributed by atoms with E-state index in [9.17, 15) is 4.79 Å². The molecule has 0 aliphatic heterocycles. The Kier molecular flexibility index (Phi) is 23.2. The van der Waals surface area contributed by atoms with E-state index >= 15 is 0 Å². The van der Waals surface area contributed by atoms with Gasteiger partial charge in [0.1, 0.15) is 28.7 Å². The van der Waals surface area contributed by atoms with Crippen molar-refractivity contribution in [3.05, 3.63) is 309 Å². The maximum absolute atomic E-state index is 12.2. The van der Waals surface area contributed by atoms with Gasteiger partial charge in [0.25, 0.3) is 0 Å². The molecule has 10 aliphatic carbocycles. The summed E-state index contributed by atoms with van der Waals surface area (Å²) < 4.78 is 29.6. The van der Waals surface area contributed by atoms with Gasteiger partial charge in [0, 0.05) is 17.4 Å². The van der Waals surface area contributed by atoms with Crippen molar-refractivity contribution in [2.75, 3.05) is 26.4 Å². The molecule has 10 aliphatic rings. The van der Waals surface area contributed by atoms with Crippen LogP contribution in [0.4, 0.5) is 0 Å². The number of hydrogen-bond donors (Lipinski definition) is 0. The highest BCUT2D eigenvalue weighted by atomic mass is 16.5. The van der Waals surface area contributed by atoms with Crippen molar-refractivity contribution in [3.63, 3.8) is 0 Å². The summed E-state index contributed by atoms with van der Waals surface area (Å²) in [4.78, 5) is 12.2. The summed E-state index contributed by atoms with van der Waals surface area (Å²) in [7, 11) is 0. The number of ether oxygens (including phenoxy) is 5. The smallest absolute Gasteiger partial charge is 0.311 e. The van der Waals surface area contributed by atoms with Gasteiger partial charge >= 0.3 is 5.97 Å². The molecule has 20 rings (SSSR count). The van der Waals surface area contributed by atoms with E-state index in [1.807, 2.05) is 48.5 Å². The Hall–Kier alpha value is -9.91. The first-order valence-electron chi connectivity index (χ1n) is 40.4. The number of benzene rings is 10. The number of fused-ring (bicyclic) bond motifs is 12. The molecule has 6 heteroatoms. The molecule has 544 valence electrons. The molecule has 15 unspecified atom stereocenters. The van der Waals surface area contributed by atoms with E-state index in [0.717, 1.165) is 132 Å². The van der Waals surface area contributed by atoms with Crippen LogP contribution in [0.5, 0.6) is 28.7 Å². The van der Waals surface area contributed by atoms with E-state index < -0.39 is 0 Å². The van der Waals surface area contributed by atoms with Gasteiger partial charge in [-0.25, -0.2) is 0 Å². The Morgan fingerprint density at radius 1 is 0.271 bits per heavy atom. The number of allylic oxidation sites excluding steroid dienone is 10. The van der Waals surface area contributed by atoms with E-state index in [4.69, 9.17) is 23.7 Å². The molecule has 6 nitrogen and oxygen atoms in total. The van der Waals surface area contributed by atoms with Crippen LogP contribution in [0.2, 0.25) is 0 Å². The van der Waals surface area contributed by atoms with Crippen LogP contribution >= 0.6 is 0 Å². The summed E-state index contributed by atoms with van der Waals surface area (Å²) in [6.07, 6.45) is 42.6. The molecule has 5 fully saturated rings. The molecule has 0 saturated heterocycles. The van der Waals surface area contributed by atoms with Gasteiger partial charge < -0.3 is 23.7 Å². The van der Waals surface area contributed by atoms with Crippen molar-refractivity contribution >= 4 is 27.5 Å². The van der Waals surface area contributed by atoms with Gasteiger partial charge in [-0.05, 0) is 271 Å². The first-order chi connectivity index (χ1) is 52.8. The molecule has 0 amide bonds. The lowest BCUT2D eigenvalue weighted by Gasteiger charge is -2.19. The van der Waals surface area contributed by atoms with Crippen LogP contribution in [-0.2, 0) is 4.79 Å².